The summed E-state index contributed by atoms with van der Waals surface area (Å²) >= 11 is 0. The molecular weight excluding hydrogens is 350 g/mol. The van der Waals surface area contributed by atoms with E-state index in [9.17, 15) is 4.79 Å². The summed E-state index contributed by atoms with van der Waals surface area (Å²) < 4.78 is 0. The van der Waals surface area contributed by atoms with Crippen LogP contribution in [0.3, 0.4) is 0 Å². The molecule has 4 aromatic rings. The highest BCUT2D eigenvalue weighted by Crippen LogP contribution is 2.21. The van der Waals surface area contributed by atoms with Crippen LogP contribution >= 0.6 is 0 Å². The summed E-state index contributed by atoms with van der Waals surface area (Å²) in [6.07, 6.45) is 4.80. The van der Waals surface area contributed by atoms with E-state index in [1.54, 1.807) is 12.4 Å². The minimum atomic E-state index is -0.317. The third kappa shape index (κ3) is 3.81. The largest absolute Gasteiger partial charge is 0.354 e. The molecule has 138 valence electrons. The molecule has 2 aromatic carbocycles. The van der Waals surface area contributed by atoms with Gasteiger partial charge in [0.05, 0.1) is 23.6 Å². The summed E-state index contributed by atoms with van der Waals surface area (Å²) in [5.41, 5.74) is 2.82. The predicted octanol–water partition coefficient (Wildman–Crippen LogP) is 3.91. The van der Waals surface area contributed by atoms with E-state index in [1.165, 1.54) is 11.8 Å². The van der Waals surface area contributed by atoms with Crippen molar-refractivity contribution >= 4 is 28.3 Å². The average Bonchev–Trinajstić information content (AvgIpc) is 2.75. The van der Waals surface area contributed by atoms with Gasteiger partial charge in [0, 0.05) is 25.2 Å². The standard InChI is InChI=1S/C22H19N5O/c1-27(15-16-7-3-2-4-8-16)20-14-24-19(13-25-20)22(28)26-18-11-5-9-17-10-6-12-23-21(17)18/h2-14H,15H2,1H3,(H,26,28). The number of anilines is 2. The first-order chi connectivity index (χ1) is 13.7. The molecule has 1 N–H and O–H groups in total. The number of nitrogens with one attached hydrogen (secondary N) is 1. The Labute approximate surface area is 162 Å². The SMILES string of the molecule is CN(Cc1ccccc1)c1cnc(C(=O)Nc2cccc3cccnc23)cn1. The van der Waals surface area contributed by atoms with E-state index in [-0.39, 0.29) is 11.6 Å². The lowest BCUT2D eigenvalue weighted by atomic mass is 10.2. The number of carbonyl (C=O) groups is 1. The van der Waals surface area contributed by atoms with Crippen LogP contribution in [0, 0.1) is 0 Å². The number of pyridine rings is 1. The zero-order valence-electron chi connectivity index (χ0n) is 15.4. The highest BCUT2D eigenvalue weighted by molar-refractivity contribution is 6.07. The Balaban J connectivity index is 1.48. The fourth-order valence-electron chi connectivity index (χ4n) is 2.97. The zero-order chi connectivity index (χ0) is 19.3. The maximum Gasteiger partial charge on any atom is 0.275 e. The summed E-state index contributed by atoms with van der Waals surface area (Å²) in [4.78, 5) is 27.6. The average molecular weight is 369 g/mol. The number of benzene rings is 2. The molecule has 6 nitrogen and oxygen atoms in total. The first-order valence-electron chi connectivity index (χ1n) is 8.93. The second-order valence-corrected chi connectivity index (χ2v) is 6.44. The van der Waals surface area contributed by atoms with E-state index in [2.05, 4.69) is 32.4 Å². The number of amides is 1. The molecule has 0 aliphatic heterocycles. The van der Waals surface area contributed by atoms with Crippen molar-refractivity contribution in [3.05, 3.63) is 90.5 Å². The molecule has 0 radical (unpaired) electrons. The molecule has 0 fully saturated rings. The molecule has 2 heterocycles. The Hall–Kier alpha value is -3.80. The number of fused-ring (bicyclic) bond motifs is 1. The smallest absolute Gasteiger partial charge is 0.275 e. The molecule has 1 amide bonds. The van der Waals surface area contributed by atoms with Crippen LogP contribution < -0.4 is 10.2 Å². The minimum Gasteiger partial charge on any atom is -0.354 e. The highest BCUT2D eigenvalue weighted by Gasteiger charge is 2.12. The van der Waals surface area contributed by atoms with Gasteiger partial charge in [0.25, 0.3) is 5.91 Å². The summed E-state index contributed by atoms with van der Waals surface area (Å²) in [7, 11) is 1.94. The van der Waals surface area contributed by atoms with Crippen LogP contribution in [-0.2, 0) is 6.54 Å². The van der Waals surface area contributed by atoms with Crippen LogP contribution in [0.4, 0.5) is 11.5 Å². The Bertz CT molecular complexity index is 1090. The monoisotopic (exact) mass is 369 g/mol. The fraction of sp³-hybridized carbons (Fsp3) is 0.0909. The van der Waals surface area contributed by atoms with Crippen molar-refractivity contribution in [1.29, 1.82) is 0 Å². The number of hydrogen-bond donors (Lipinski definition) is 1. The van der Waals surface area contributed by atoms with Crippen LogP contribution in [0.25, 0.3) is 10.9 Å². The molecule has 0 bridgehead atoms. The Kier molecular flexibility index (Phi) is 4.93. The second kappa shape index (κ2) is 7.84. The van der Waals surface area contributed by atoms with Crippen molar-refractivity contribution in [2.75, 3.05) is 17.3 Å². The molecule has 0 saturated heterocycles. The van der Waals surface area contributed by atoms with Crippen molar-refractivity contribution in [2.24, 2.45) is 0 Å². The van der Waals surface area contributed by atoms with Gasteiger partial charge in [-0.2, -0.15) is 0 Å². The normalized spacial score (nSPS) is 10.6. The molecule has 0 unspecified atom stereocenters. The van der Waals surface area contributed by atoms with Gasteiger partial charge in [0.2, 0.25) is 0 Å². The second-order valence-electron chi connectivity index (χ2n) is 6.44. The lowest BCUT2D eigenvalue weighted by Crippen LogP contribution is -2.19. The van der Waals surface area contributed by atoms with Gasteiger partial charge in [-0.05, 0) is 17.7 Å². The van der Waals surface area contributed by atoms with Crippen LogP contribution in [0.15, 0.2) is 79.3 Å². The molecule has 4 rings (SSSR count). The lowest BCUT2D eigenvalue weighted by molar-refractivity contribution is 0.102. The molecular formula is C22H19N5O. The fourth-order valence-corrected chi connectivity index (χ4v) is 2.97. The van der Waals surface area contributed by atoms with E-state index in [0.29, 0.717) is 18.1 Å². The molecule has 28 heavy (non-hydrogen) atoms. The van der Waals surface area contributed by atoms with Crippen LogP contribution in [0.2, 0.25) is 0 Å². The maximum absolute atomic E-state index is 12.6. The quantitative estimate of drug-likeness (QED) is 0.577. The molecule has 0 atom stereocenters. The van der Waals surface area contributed by atoms with Crippen molar-refractivity contribution in [1.82, 2.24) is 15.0 Å². The Morgan fingerprint density at radius 1 is 0.929 bits per heavy atom. The summed E-state index contributed by atoms with van der Waals surface area (Å²) in [6.45, 7) is 0.711. The van der Waals surface area contributed by atoms with Gasteiger partial charge in [0.15, 0.2) is 0 Å². The minimum absolute atomic E-state index is 0.254. The summed E-state index contributed by atoms with van der Waals surface area (Å²) in [5, 5.41) is 3.83. The van der Waals surface area contributed by atoms with Crippen molar-refractivity contribution in [2.45, 2.75) is 6.54 Å². The molecule has 0 saturated carbocycles. The number of rotatable bonds is 5. The zero-order valence-corrected chi connectivity index (χ0v) is 15.4. The lowest BCUT2D eigenvalue weighted by Gasteiger charge is -2.17. The Morgan fingerprint density at radius 2 is 1.75 bits per heavy atom. The van der Waals surface area contributed by atoms with E-state index in [1.807, 2.05) is 60.5 Å². The predicted molar refractivity (Wildman–Crippen MR) is 110 cm³/mol. The van der Waals surface area contributed by atoms with Gasteiger partial charge >= 0.3 is 0 Å². The number of hydrogen-bond acceptors (Lipinski definition) is 5. The van der Waals surface area contributed by atoms with E-state index < -0.39 is 0 Å². The van der Waals surface area contributed by atoms with Crippen molar-refractivity contribution in [3.8, 4) is 0 Å². The number of carbonyl (C=O) groups excluding carboxylic acids is 1. The van der Waals surface area contributed by atoms with E-state index >= 15 is 0 Å². The first-order valence-corrected chi connectivity index (χ1v) is 8.93. The van der Waals surface area contributed by atoms with Crippen LogP contribution in [0.1, 0.15) is 16.1 Å². The van der Waals surface area contributed by atoms with E-state index in [0.717, 1.165) is 10.9 Å². The molecule has 0 spiro atoms. The van der Waals surface area contributed by atoms with Gasteiger partial charge in [0.1, 0.15) is 11.5 Å². The van der Waals surface area contributed by atoms with Gasteiger partial charge in [-0.3, -0.25) is 9.78 Å². The van der Waals surface area contributed by atoms with Gasteiger partial charge in [-0.1, -0.05) is 48.5 Å². The van der Waals surface area contributed by atoms with Crippen LogP contribution in [0.5, 0.6) is 0 Å². The highest BCUT2D eigenvalue weighted by atomic mass is 16.1. The third-order valence-corrected chi connectivity index (χ3v) is 4.41. The van der Waals surface area contributed by atoms with Gasteiger partial charge in [-0.25, -0.2) is 9.97 Å². The number of para-hydroxylation sites is 1. The topological polar surface area (TPSA) is 71.0 Å². The van der Waals surface area contributed by atoms with Crippen LogP contribution in [-0.4, -0.2) is 27.9 Å². The Morgan fingerprint density at radius 3 is 2.54 bits per heavy atom. The third-order valence-electron chi connectivity index (χ3n) is 4.41. The molecule has 0 aliphatic rings. The van der Waals surface area contributed by atoms with Gasteiger partial charge < -0.3 is 10.2 Å². The first kappa shape index (κ1) is 17.6. The summed E-state index contributed by atoms with van der Waals surface area (Å²) in [5.74, 6) is 0.384. The van der Waals surface area contributed by atoms with E-state index in [4.69, 9.17) is 0 Å². The summed E-state index contributed by atoms with van der Waals surface area (Å²) in [6, 6.07) is 19.6. The maximum atomic E-state index is 12.6. The van der Waals surface area contributed by atoms with Crippen molar-refractivity contribution < 1.29 is 4.79 Å². The van der Waals surface area contributed by atoms with Crippen molar-refractivity contribution in [3.63, 3.8) is 0 Å². The van der Waals surface area contributed by atoms with Gasteiger partial charge in [-0.15, -0.1) is 0 Å². The molecule has 6 heteroatoms. The number of nitrogens with zero attached hydrogens (tertiary/aromatic N) is 4. The molecule has 0 aliphatic carbocycles. The number of aromatic nitrogens is 3. The molecule has 2 aromatic heterocycles.